The third kappa shape index (κ3) is 5.41. The number of hydrogen-bond acceptors (Lipinski definition) is 2. The van der Waals surface area contributed by atoms with E-state index in [-0.39, 0.29) is 5.91 Å². The van der Waals surface area contributed by atoms with Gasteiger partial charge in [-0.05, 0) is 62.6 Å². The molecule has 1 aromatic carbocycles. The second-order valence-electron chi connectivity index (χ2n) is 6.18. The number of carbonyl (C=O) groups is 1. The highest BCUT2D eigenvalue weighted by Crippen LogP contribution is 2.25. The summed E-state index contributed by atoms with van der Waals surface area (Å²) in [6.07, 6.45) is 6.32. The predicted octanol–water partition coefficient (Wildman–Crippen LogP) is 3.77. The molecule has 21 heavy (non-hydrogen) atoms. The van der Waals surface area contributed by atoms with Crippen LogP contribution in [0.2, 0.25) is 0 Å². The lowest BCUT2D eigenvalue weighted by atomic mass is 9.85. The molecule has 1 fully saturated rings. The molecule has 3 heteroatoms. The summed E-state index contributed by atoms with van der Waals surface area (Å²) in [6.45, 7) is 5.68. The topological polar surface area (TPSA) is 38.3 Å². The molecule has 0 heterocycles. The zero-order valence-electron chi connectivity index (χ0n) is 13.3. The van der Waals surface area contributed by atoms with E-state index in [4.69, 9.17) is 4.74 Å². The number of unbranched alkanes of at least 4 members (excludes halogenated alkanes) is 1. The minimum Gasteiger partial charge on any atom is -0.493 e. The van der Waals surface area contributed by atoms with Gasteiger partial charge in [0, 0.05) is 13.0 Å². The van der Waals surface area contributed by atoms with Gasteiger partial charge in [-0.3, -0.25) is 4.79 Å². The third-order valence-corrected chi connectivity index (χ3v) is 4.21. The Bertz CT molecular complexity index is 466. The number of rotatable bonds is 8. The Hall–Kier alpha value is -1.51. The third-order valence-electron chi connectivity index (χ3n) is 4.21. The molecule has 3 nitrogen and oxygen atoms in total. The lowest BCUT2D eigenvalue weighted by Crippen LogP contribution is -2.31. The zero-order valence-corrected chi connectivity index (χ0v) is 13.3. The first-order valence-corrected chi connectivity index (χ1v) is 8.12. The fraction of sp³-hybridized carbons (Fsp3) is 0.611. The van der Waals surface area contributed by atoms with Crippen LogP contribution >= 0.6 is 0 Å². The summed E-state index contributed by atoms with van der Waals surface area (Å²) in [5.74, 6) is 1.89. The van der Waals surface area contributed by atoms with Crippen molar-refractivity contribution in [1.29, 1.82) is 0 Å². The summed E-state index contributed by atoms with van der Waals surface area (Å²) >= 11 is 0. The fourth-order valence-corrected chi connectivity index (χ4v) is 2.48. The Balaban J connectivity index is 1.54. The van der Waals surface area contributed by atoms with E-state index in [1.165, 1.54) is 30.4 Å². The predicted molar refractivity (Wildman–Crippen MR) is 85.6 cm³/mol. The van der Waals surface area contributed by atoms with E-state index in [9.17, 15) is 4.79 Å². The highest BCUT2D eigenvalue weighted by molar-refractivity contribution is 5.75. The molecule has 0 radical (unpaired) electrons. The number of nitrogens with one attached hydrogen (secondary N) is 1. The molecule has 1 aromatic rings. The van der Waals surface area contributed by atoms with Crippen LogP contribution in [-0.4, -0.2) is 19.1 Å². The Morgan fingerprint density at radius 1 is 1.29 bits per heavy atom. The van der Waals surface area contributed by atoms with Crippen molar-refractivity contribution in [3.8, 4) is 5.75 Å². The summed E-state index contributed by atoms with van der Waals surface area (Å²) in [5.41, 5.74) is 2.38. The lowest BCUT2D eigenvalue weighted by Gasteiger charge is -2.25. The van der Waals surface area contributed by atoms with Crippen molar-refractivity contribution in [1.82, 2.24) is 5.32 Å². The van der Waals surface area contributed by atoms with Gasteiger partial charge in [0.1, 0.15) is 5.75 Å². The molecule has 1 N–H and O–H groups in total. The summed E-state index contributed by atoms with van der Waals surface area (Å²) in [6, 6.07) is 6.24. The largest absolute Gasteiger partial charge is 0.493 e. The molecule has 1 saturated carbocycles. The van der Waals surface area contributed by atoms with Crippen molar-refractivity contribution >= 4 is 5.91 Å². The Morgan fingerprint density at radius 2 is 2.10 bits per heavy atom. The van der Waals surface area contributed by atoms with E-state index in [0.717, 1.165) is 31.1 Å². The first kappa shape index (κ1) is 15.9. The van der Waals surface area contributed by atoms with Gasteiger partial charge in [0.2, 0.25) is 5.91 Å². The van der Waals surface area contributed by atoms with E-state index >= 15 is 0 Å². The minimum absolute atomic E-state index is 0.189. The Labute approximate surface area is 128 Å². The standard InChI is InChI=1S/C18H27NO2/c1-14-9-10-15(2)17(12-14)21-11-4-3-8-18(20)19-13-16-6-5-7-16/h9-10,12,16H,3-8,11,13H2,1-2H3,(H,19,20). The zero-order chi connectivity index (χ0) is 15.1. The SMILES string of the molecule is Cc1ccc(C)c(OCCCCC(=O)NCC2CCC2)c1. The molecule has 1 aliphatic rings. The molecule has 1 amide bonds. The van der Waals surface area contributed by atoms with E-state index < -0.39 is 0 Å². The second-order valence-corrected chi connectivity index (χ2v) is 6.18. The van der Waals surface area contributed by atoms with Gasteiger partial charge in [-0.2, -0.15) is 0 Å². The first-order chi connectivity index (χ1) is 10.1. The van der Waals surface area contributed by atoms with Crippen LogP contribution in [-0.2, 0) is 4.79 Å². The van der Waals surface area contributed by atoms with Gasteiger partial charge < -0.3 is 10.1 Å². The molecule has 0 saturated heterocycles. The van der Waals surface area contributed by atoms with Crippen LogP contribution in [0.5, 0.6) is 5.75 Å². The summed E-state index contributed by atoms with van der Waals surface area (Å²) in [7, 11) is 0. The maximum atomic E-state index is 11.7. The quantitative estimate of drug-likeness (QED) is 0.740. The molecule has 0 unspecified atom stereocenters. The summed E-state index contributed by atoms with van der Waals surface area (Å²) in [4.78, 5) is 11.7. The molecule has 0 spiro atoms. The smallest absolute Gasteiger partial charge is 0.220 e. The van der Waals surface area contributed by atoms with E-state index in [0.29, 0.717) is 13.0 Å². The monoisotopic (exact) mass is 289 g/mol. The Kier molecular flexibility index (Phi) is 6.09. The number of benzene rings is 1. The molecule has 2 rings (SSSR count). The van der Waals surface area contributed by atoms with Crippen LogP contribution in [0.1, 0.15) is 49.7 Å². The molecule has 0 aliphatic heterocycles. The molecule has 1 aliphatic carbocycles. The molecular formula is C18H27NO2. The lowest BCUT2D eigenvalue weighted by molar-refractivity contribution is -0.121. The van der Waals surface area contributed by atoms with Crippen molar-refractivity contribution in [3.63, 3.8) is 0 Å². The van der Waals surface area contributed by atoms with Crippen molar-refractivity contribution in [2.45, 2.75) is 52.4 Å². The summed E-state index contributed by atoms with van der Waals surface area (Å²) < 4.78 is 5.79. The maximum absolute atomic E-state index is 11.7. The normalized spacial score (nSPS) is 14.6. The van der Waals surface area contributed by atoms with Crippen LogP contribution < -0.4 is 10.1 Å². The molecule has 0 atom stereocenters. The van der Waals surface area contributed by atoms with Gasteiger partial charge >= 0.3 is 0 Å². The molecule has 0 bridgehead atoms. The summed E-state index contributed by atoms with van der Waals surface area (Å²) in [5, 5.41) is 3.03. The van der Waals surface area contributed by atoms with Crippen molar-refractivity contribution in [2.24, 2.45) is 5.92 Å². The van der Waals surface area contributed by atoms with Crippen molar-refractivity contribution in [3.05, 3.63) is 29.3 Å². The van der Waals surface area contributed by atoms with E-state index in [1.54, 1.807) is 0 Å². The van der Waals surface area contributed by atoms with Crippen LogP contribution in [0, 0.1) is 19.8 Å². The molecule has 116 valence electrons. The average Bonchev–Trinajstić information content (AvgIpc) is 2.40. The fourth-order valence-electron chi connectivity index (χ4n) is 2.48. The van der Waals surface area contributed by atoms with Crippen LogP contribution in [0.15, 0.2) is 18.2 Å². The van der Waals surface area contributed by atoms with E-state index in [1.807, 2.05) is 0 Å². The maximum Gasteiger partial charge on any atom is 0.220 e. The highest BCUT2D eigenvalue weighted by atomic mass is 16.5. The van der Waals surface area contributed by atoms with Gasteiger partial charge in [0.15, 0.2) is 0 Å². The number of carbonyl (C=O) groups excluding carboxylic acids is 1. The molecular weight excluding hydrogens is 262 g/mol. The number of aryl methyl sites for hydroxylation is 2. The van der Waals surface area contributed by atoms with Crippen LogP contribution in [0.4, 0.5) is 0 Å². The van der Waals surface area contributed by atoms with Crippen LogP contribution in [0.25, 0.3) is 0 Å². The highest BCUT2D eigenvalue weighted by Gasteiger charge is 2.17. The van der Waals surface area contributed by atoms with Gasteiger partial charge in [-0.1, -0.05) is 18.6 Å². The Morgan fingerprint density at radius 3 is 2.81 bits per heavy atom. The van der Waals surface area contributed by atoms with Crippen molar-refractivity contribution < 1.29 is 9.53 Å². The average molecular weight is 289 g/mol. The van der Waals surface area contributed by atoms with E-state index in [2.05, 4.69) is 37.4 Å². The van der Waals surface area contributed by atoms with Crippen LogP contribution in [0.3, 0.4) is 0 Å². The minimum atomic E-state index is 0.189. The van der Waals surface area contributed by atoms with Gasteiger partial charge in [0.25, 0.3) is 0 Å². The second kappa shape index (κ2) is 8.06. The van der Waals surface area contributed by atoms with Gasteiger partial charge in [0.05, 0.1) is 6.61 Å². The number of amides is 1. The first-order valence-electron chi connectivity index (χ1n) is 8.12. The van der Waals surface area contributed by atoms with Gasteiger partial charge in [-0.25, -0.2) is 0 Å². The number of ether oxygens (including phenoxy) is 1. The van der Waals surface area contributed by atoms with Gasteiger partial charge in [-0.15, -0.1) is 0 Å². The number of hydrogen-bond donors (Lipinski definition) is 1. The van der Waals surface area contributed by atoms with Crippen molar-refractivity contribution in [2.75, 3.05) is 13.2 Å². The molecule has 0 aromatic heterocycles.